The van der Waals surface area contributed by atoms with Gasteiger partial charge in [-0.1, -0.05) is 23.7 Å². The van der Waals surface area contributed by atoms with E-state index >= 15 is 0 Å². The van der Waals surface area contributed by atoms with Gasteiger partial charge in [0.1, 0.15) is 6.10 Å². The molecule has 0 amide bonds. The van der Waals surface area contributed by atoms with Gasteiger partial charge in [-0.05, 0) is 29.8 Å². The van der Waals surface area contributed by atoms with Crippen molar-refractivity contribution in [3.8, 4) is 6.07 Å². The van der Waals surface area contributed by atoms with E-state index < -0.39 is 6.10 Å². The third kappa shape index (κ3) is 5.52. The summed E-state index contributed by atoms with van der Waals surface area (Å²) in [5, 5.41) is 21.9. The van der Waals surface area contributed by atoms with E-state index in [1.807, 2.05) is 25.2 Å². The van der Waals surface area contributed by atoms with Gasteiger partial charge in [0, 0.05) is 37.2 Å². The van der Waals surface area contributed by atoms with Crippen LogP contribution >= 0.6 is 22.9 Å². The zero-order chi connectivity index (χ0) is 16.7. The molecule has 122 valence electrons. The van der Waals surface area contributed by atoms with Crippen LogP contribution in [-0.2, 0) is 6.54 Å². The number of rotatable bonds is 8. The minimum Gasteiger partial charge on any atom is -0.386 e. The molecule has 2 N–H and O–H groups in total. The Kier molecular flexibility index (Phi) is 6.87. The largest absolute Gasteiger partial charge is 0.386 e. The lowest BCUT2D eigenvalue weighted by atomic mass is 10.2. The average Bonchev–Trinajstić information content (AvgIpc) is 2.99. The van der Waals surface area contributed by atoms with E-state index in [1.54, 1.807) is 6.07 Å². The Balaban J connectivity index is 1.79. The molecule has 0 bridgehead atoms. The Labute approximate surface area is 145 Å². The van der Waals surface area contributed by atoms with Gasteiger partial charge in [0.2, 0.25) is 0 Å². The van der Waals surface area contributed by atoms with E-state index in [1.165, 1.54) is 11.3 Å². The van der Waals surface area contributed by atoms with Crippen molar-refractivity contribution in [3.05, 3.63) is 51.2 Å². The molecule has 1 atom stereocenters. The summed E-state index contributed by atoms with van der Waals surface area (Å²) < 4.78 is 0.690. The molecule has 4 nitrogen and oxygen atoms in total. The third-order valence-corrected chi connectivity index (χ3v) is 4.86. The van der Waals surface area contributed by atoms with E-state index in [0.717, 1.165) is 22.7 Å². The molecule has 0 aliphatic carbocycles. The highest BCUT2D eigenvalue weighted by Crippen LogP contribution is 2.26. The Bertz CT molecular complexity index is 651. The zero-order valence-electron chi connectivity index (χ0n) is 13.0. The highest BCUT2D eigenvalue weighted by atomic mass is 35.5. The minimum absolute atomic E-state index is 0.487. The fourth-order valence-electron chi connectivity index (χ4n) is 2.18. The molecule has 2 rings (SSSR count). The van der Waals surface area contributed by atoms with Crippen LogP contribution in [0.2, 0.25) is 4.34 Å². The fourth-order valence-corrected chi connectivity index (χ4v) is 3.22. The van der Waals surface area contributed by atoms with Crippen molar-refractivity contribution in [1.29, 1.82) is 5.26 Å². The van der Waals surface area contributed by atoms with Crippen molar-refractivity contribution >= 4 is 28.6 Å². The van der Waals surface area contributed by atoms with Crippen LogP contribution < -0.4 is 10.2 Å². The van der Waals surface area contributed by atoms with Crippen LogP contribution in [0.4, 0.5) is 5.69 Å². The lowest BCUT2D eigenvalue weighted by Crippen LogP contribution is -2.21. The molecule has 6 heteroatoms. The van der Waals surface area contributed by atoms with Crippen LogP contribution in [0.15, 0.2) is 36.4 Å². The maximum absolute atomic E-state index is 10.1. The number of benzene rings is 1. The van der Waals surface area contributed by atoms with Gasteiger partial charge in [0.25, 0.3) is 0 Å². The first-order valence-electron chi connectivity index (χ1n) is 7.41. The minimum atomic E-state index is -0.538. The van der Waals surface area contributed by atoms with Gasteiger partial charge in [-0.3, -0.25) is 0 Å². The molecule has 0 aliphatic rings. The van der Waals surface area contributed by atoms with E-state index in [0.29, 0.717) is 23.8 Å². The summed E-state index contributed by atoms with van der Waals surface area (Å²) in [5.41, 5.74) is 2.25. The molecule has 2 aromatic rings. The Morgan fingerprint density at radius 1 is 1.30 bits per heavy atom. The highest BCUT2D eigenvalue weighted by molar-refractivity contribution is 7.16. The summed E-state index contributed by atoms with van der Waals surface area (Å²) >= 11 is 7.27. The third-order valence-electron chi connectivity index (χ3n) is 3.53. The van der Waals surface area contributed by atoms with E-state index in [9.17, 15) is 5.11 Å². The van der Waals surface area contributed by atoms with Crippen LogP contribution in [-0.4, -0.2) is 25.2 Å². The second-order valence-corrected chi connectivity index (χ2v) is 7.03. The zero-order valence-corrected chi connectivity index (χ0v) is 14.6. The van der Waals surface area contributed by atoms with Crippen LogP contribution in [0.1, 0.15) is 23.0 Å². The summed E-state index contributed by atoms with van der Waals surface area (Å²) in [4.78, 5) is 2.93. The SMILES string of the molecule is CN(CCC#N)c1ccc(CNCC(O)c2ccc(Cl)s2)cc1. The van der Waals surface area contributed by atoms with E-state index in [2.05, 4.69) is 28.4 Å². The molecular weight excluding hydrogens is 330 g/mol. The summed E-state index contributed by atoms with van der Waals surface area (Å²) in [6.45, 7) is 1.91. The highest BCUT2D eigenvalue weighted by Gasteiger charge is 2.09. The Hall–Kier alpha value is -1.58. The predicted octanol–water partition coefficient (Wildman–Crippen LogP) is 3.57. The number of anilines is 1. The Morgan fingerprint density at radius 2 is 2.04 bits per heavy atom. The number of nitrogens with one attached hydrogen (secondary N) is 1. The molecule has 1 unspecified atom stereocenters. The number of thiophene rings is 1. The van der Waals surface area contributed by atoms with Crippen LogP contribution in [0, 0.1) is 11.3 Å². The average molecular weight is 350 g/mol. The van der Waals surface area contributed by atoms with Crippen LogP contribution in [0.5, 0.6) is 0 Å². The molecule has 0 saturated heterocycles. The smallest absolute Gasteiger partial charge is 0.101 e. The number of aliphatic hydroxyl groups excluding tert-OH is 1. The number of nitriles is 1. The van der Waals surface area contributed by atoms with Gasteiger partial charge in [-0.2, -0.15) is 5.26 Å². The number of nitrogens with zero attached hydrogens (tertiary/aromatic N) is 2. The molecule has 1 aromatic carbocycles. The standard InChI is InChI=1S/C17H20ClN3OS/c1-21(10-2-9-19)14-5-3-13(4-6-14)11-20-12-15(22)16-7-8-17(18)23-16/h3-8,15,20,22H,2,10-12H2,1H3. The first-order valence-corrected chi connectivity index (χ1v) is 8.60. The predicted molar refractivity (Wildman–Crippen MR) is 95.9 cm³/mol. The molecule has 0 aliphatic heterocycles. The first-order chi connectivity index (χ1) is 11.1. The number of hydrogen-bond donors (Lipinski definition) is 2. The van der Waals surface area contributed by atoms with Crippen molar-refractivity contribution in [2.75, 3.05) is 25.0 Å². The summed E-state index contributed by atoms with van der Waals surface area (Å²) in [6.07, 6.45) is -0.0198. The maximum atomic E-state index is 10.1. The van der Waals surface area contributed by atoms with Crippen molar-refractivity contribution in [2.45, 2.75) is 19.1 Å². The van der Waals surface area contributed by atoms with Gasteiger partial charge >= 0.3 is 0 Å². The topological polar surface area (TPSA) is 59.3 Å². The molecule has 0 spiro atoms. The molecule has 23 heavy (non-hydrogen) atoms. The van der Waals surface area contributed by atoms with Crippen molar-refractivity contribution in [1.82, 2.24) is 5.32 Å². The Morgan fingerprint density at radius 3 is 2.65 bits per heavy atom. The van der Waals surface area contributed by atoms with Crippen molar-refractivity contribution in [3.63, 3.8) is 0 Å². The van der Waals surface area contributed by atoms with Crippen LogP contribution in [0.3, 0.4) is 0 Å². The van der Waals surface area contributed by atoms with Crippen LogP contribution in [0.25, 0.3) is 0 Å². The molecule has 1 heterocycles. The molecule has 0 saturated carbocycles. The van der Waals surface area contributed by atoms with Gasteiger partial charge < -0.3 is 15.3 Å². The summed E-state index contributed by atoms with van der Waals surface area (Å²) in [5.74, 6) is 0. The van der Waals surface area contributed by atoms with Gasteiger partial charge in [-0.15, -0.1) is 11.3 Å². The summed E-state index contributed by atoms with van der Waals surface area (Å²) in [7, 11) is 1.98. The lowest BCUT2D eigenvalue weighted by Gasteiger charge is -2.18. The van der Waals surface area contributed by atoms with E-state index in [-0.39, 0.29) is 0 Å². The quantitative estimate of drug-likeness (QED) is 0.764. The van der Waals surface area contributed by atoms with E-state index in [4.69, 9.17) is 16.9 Å². The van der Waals surface area contributed by atoms with Crippen molar-refractivity contribution < 1.29 is 5.11 Å². The van der Waals surface area contributed by atoms with Gasteiger partial charge in [0.15, 0.2) is 0 Å². The molecular formula is C17H20ClN3OS. The second kappa shape index (κ2) is 8.90. The molecule has 0 radical (unpaired) electrons. The number of halogens is 1. The molecule has 0 fully saturated rings. The van der Waals surface area contributed by atoms with Crippen molar-refractivity contribution in [2.24, 2.45) is 0 Å². The fraction of sp³-hybridized carbons (Fsp3) is 0.353. The lowest BCUT2D eigenvalue weighted by molar-refractivity contribution is 0.178. The normalized spacial score (nSPS) is 11.9. The first kappa shape index (κ1) is 17.8. The maximum Gasteiger partial charge on any atom is 0.101 e. The summed E-state index contributed by atoms with van der Waals surface area (Å²) in [6, 6.07) is 14.0. The number of hydrogen-bond acceptors (Lipinski definition) is 5. The van der Waals surface area contributed by atoms with Gasteiger partial charge in [0.05, 0.1) is 16.8 Å². The monoisotopic (exact) mass is 349 g/mol. The molecule has 1 aromatic heterocycles. The second-order valence-electron chi connectivity index (χ2n) is 5.28. The number of aliphatic hydroxyl groups is 1. The van der Waals surface area contributed by atoms with Gasteiger partial charge in [-0.25, -0.2) is 0 Å².